The van der Waals surface area contributed by atoms with Gasteiger partial charge >= 0.3 is 5.97 Å². The lowest BCUT2D eigenvalue weighted by Gasteiger charge is -2.28. The van der Waals surface area contributed by atoms with Gasteiger partial charge in [-0.25, -0.2) is 0 Å². The van der Waals surface area contributed by atoms with Crippen LogP contribution in [0.25, 0.3) is 0 Å². The number of hydrogen-bond acceptors (Lipinski definition) is 4. The van der Waals surface area contributed by atoms with Crippen LogP contribution in [0.15, 0.2) is 12.2 Å². The Morgan fingerprint density at radius 1 is 1.14 bits per heavy atom. The number of carboxylic acids is 1. The van der Waals surface area contributed by atoms with Crippen molar-refractivity contribution in [3.8, 4) is 0 Å². The largest absolute Gasteiger partial charge is 0.481 e. The number of hydrogen-bond donors (Lipinski definition) is 3. The maximum atomic E-state index is 12.1. The van der Waals surface area contributed by atoms with Crippen LogP contribution in [0.3, 0.4) is 0 Å². The number of nitrogens with zero attached hydrogens (tertiary/aromatic N) is 1. The van der Waals surface area contributed by atoms with E-state index in [1.165, 1.54) is 0 Å². The summed E-state index contributed by atoms with van der Waals surface area (Å²) in [5.41, 5.74) is 0. The third-order valence-electron chi connectivity index (χ3n) is 3.97. The smallest absolute Gasteiger partial charge is 0.307 e. The molecule has 0 saturated carbocycles. The topological polar surface area (TPSA) is 98.7 Å². The van der Waals surface area contributed by atoms with Crippen LogP contribution in [0.2, 0.25) is 0 Å². The number of aliphatic carboxylic acids is 1. The minimum absolute atomic E-state index is 0.0641. The first-order chi connectivity index (χ1) is 10.1. The Labute approximate surface area is 123 Å². The Morgan fingerprint density at radius 3 is 2.38 bits per heavy atom. The molecule has 0 radical (unpaired) electrons. The highest BCUT2D eigenvalue weighted by atomic mass is 16.4. The molecule has 2 rings (SSSR count). The molecule has 1 saturated heterocycles. The molecule has 2 atom stereocenters. The standard InChI is InChI=1S/C14H21N3O4/c18-12(17-7-5-15-6-8-17)9-16-13(19)10-3-1-2-4-11(10)14(20)21/h1-2,10-11,15H,3-9H2,(H,16,19)(H,20,21)/t10-,11+/m1/s1. The fourth-order valence-corrected chi connectivity index (χ4v) is 2.70. The molecule has 0 aromatic heterocycles. The van der Waals surface area contributed by atoms with Crippen LogP contribution in [0, 0.1) is 11.8 Å². The van der Waals surface area contributed by atoms with E-state index in [0.717, 1.165) is 13.1 Å². The van der Waals surface area contributed by atoms with Gasteiger partial charge in [0.1, 0.15) is 0 Å². The van der Waals surface area contributed by atoms with E-state index < -0.39 is 17.8 Å². The highest BCUT2D eigenvalue weighted by Gasteiger charge is 2.34. The molecule has 0 bridgehead atoms. The zero-order chi connectivity index (χ0) is 15.2. The molecule has 2 amide bonds. The number of carbonyl (C=O) groups is 3. The van der Waals surface area contributed by atoms with E-state index in [4.69, 9.17) is 5.11 Å². The normalized spacial score (nSPS) is 25.4. The molecule has 3 N–H and O–H groups in total. The summed E-state index contributed by atoms with van der Waals surface area (Å²) in [5.74, 6) is -2.74. The van der Waals surface area contributed by atoms with Gasteiger partial charge in [-0.1, -0.05) is 12.2 Å². The zero-order valence-electron chi connectivity index (χ0n) is 11.9. The van der Waals surface area contributed by atoms with Crippen LogP contribution < -0.4 is 10.6 Å². The van der Waals surface area contributed by atoms with E-state index >= 15 is 0 Å². The fourth-order valence-electron chi connectivity index (χ4n) is 2.70. The second kappa shape index (κ2) is 7.21. The molecular weight excluding hydrogens is 274 g/mol. The molecule has 116 valence electrons. The van der Waals surface area contributed by atoms with Gasteiger partial charge in [-0.3, -0.25) is 14.4 Å². The van der Waals surface area contributed by atoms with Crippen LogP contribution >= 0.6 is 0 Å². The van der Waals surface area contributed by atoms with Crippen molar-refractivity contribution in [3.05, 3.63) is 12.2 Å². The molecule has 0 spiro atoms. The van der Waals surface area contributed by atoms with Gasteiger partial charge in [-0.15, -0.1) is 0 Å². The summed E-state index contributed by atoms with van der Waals surface area (Å²) in [6, 6.07) is 0. The number of rotatable bonds is 4. The Bertz CT molecular complexity index is 444. The molecule has 0 unspecified atom stereocenters. The number of allylic oxidation sites excluding steroid dienone is 2. The maximum Gasteiger partial charge on any atom is 0.307 e. The zero-order valence-corrected chi connectivity index (χ0v) is 11.9. The molecule has 21 heavy (non-hydrogen) atoms. The summed E-state index contributed by atoms with van der Waals surface area (Å²) in [7, 11) is 0. The maximum absolute atomic E-state index is 12.1. The van der Waals surface area contributed by atoms with Crippen LogP contribution in [-0.2, 0) is 14.4 Å². The molecule has 2 aliphatic rings. The van der Waals surface area contributed by atoms with Gasteiger partial charge in [0.2, 0.25) is 11.8 Å². The fraction of sp³-hybridized carbons (Fsp3) is 0.643. The monoisotopic (exact) mass is 295 g/mol. The quantitative estimate of drug-likeness (QED) is 0.590. The summed E-state index contributed by atoms with van der Waals surface area (Å²) in [5, 5.41) is 14.9. The van der Waals surface area contributed by atoms with E-state index in [2.05, 4.69) is 10.6 Å². The SMILES string of the molecule is O=C(O)[C@H]1CC=CC[C@H]1C(=O)NCC(=O)N1CCNCC1. The molecule has 7 heteroatoms. The first-order valence-corrected chi connectivity index (χ1v) is 7.23. The van der Waals surface area contributed by atoms with Gasteiger partial charge in [-0.2, -0.15) is 0 Å². The lowest BCUT2D eigenvalue weighted by atomic mass is 9.82. The van der Waals surface area contributed by atoms with Crippen molar-refractivity contribution in [3.63, 3.8) is 0 Å². The van der Waals surface area contributed by atoms with Crippen LogP contribution in [-0.4, -0.2) is 60.5 Å². The van der Waals surface area contributed by atoms with Crippen molar-refractivity contribution in [2.45, 2.75) is 12.8 Å². The van der Waals surface area contributed by atoms with Crippen LogP contribution in [0.5, 0.6) is 0 Å². The van der Waals surface area contributed by atoms with Crippen molar-refractivity contribution in [1.82, 2.24) is 15.5 Å². The van der Waals surface area contributed by atoms with Gasteiger partial charge in [0.25, 0.3) is 0 Å². The second-order valence-electron chi connectivity index (χ2n) is 5.34. The number of amides is 2. The molecule has 0 aromatic carbocycles. The highest BCUT2D eigenvalue weighted by Crippen LogP contribution is 2.25. The molecule has 7 nitrogen and oxygen atoms in total. The Hall–Kier alpha value is -1.89. The average molecular weight is 295 g/mol. The summed E-state index contributed by atoms with van der Waals surface area (Å²) in [6.07, 6.45) is 4.38. The number of carbonyl (C=O) groups excluding carboxylic acids is 2. The highest BCUT2D eigenvalue weighted by molar-refractivity contribution is 5.89. The van der Waals surface area contributed by atoms with E-state index in [1.807, 2.05) is 6.08 Å². The first-order valence-electron chi connectivity index (χ1n) is 7.23. The van der Waals surface area contributed by atoms with Crippen molar-refractivity contribution >= 4 is 17.8 Å². The molecule has 0 aromatic rings. The Morgan fingerprint density at radius 2 is 1.76 bits per heavy atom. The van der Waals surface area contributed by atoms with Crippen molar-refractivity contribution in [1.29, 1.82) is 0 Å². The second-order valence-corrected chi connectivity index (χ2v) is 5.34. The van der Waals surface area contributed by atoms with E-state index in [9.17, 15) is 14.4 Å². The summed E-state index contributed by atoms with van der Waals surface area (Å²) in [6.45, 7) is 2.73. The Kier molecular flexibility index (Phi) is 5.32. The van der Waals surface area contributed by atoms with Gasteiger partial charge in [-0.05, 0) is 12.8 Å². The van der Waals surface area contributed by atoms with Gasteiger partial charge < -0.3 is 20.6 Å². The third kappa shape index (κ3) is 4.04. The number of nitrogens with one attached hydrogen (secondary N) is 2. The number of piperazine rings is 1. The molecule has 1 fully saturated rings. The van der Waals surface area contributed by atoms with Crippen LogP contribution in [0.4, 0.5) is 0 Å². The lowest BCUT2D eigenvalue weighted by molar-refractivity contribution is -0.147. The molecule has 1 heterocycles. The summed E-state index contributed by atoms with van der Waals surface area (Å²) in [4.78, 5) is 36.9. The summed E-state index contributed by atoms with van der Waals surface area (Å²) >= 11 is 0. The first kappa shape index (κ1) is 15.5. The molecule has 1 aliphatic carbocycles. The van der Waals surface area contributed by atoms with E-state index in [0.29, 0.717) is 25.9 Å². The Balaban J connectivity index is 1.84. The molecular formula is C14H21N3O4. The van der Waals surface area contributed by atoms with Gasteiger partial charge in [0.15, 0.2) is 0 Å². The van der Waals surface area contributed by atoms with Crippen molar-refractivity contribution < 1.29 is 19.5 Å². The van der Waals surface area contributed by atoms with E-state index in [1.54, 1.807) is 11.0 Å². The van der Waals surface area contributed by atoms with Gasteiger partial charge in [0.05, 0.1) is 18.4 Å². The summed E-state index contributed by atoms with van der Waals surface area (Å²) < 4.78 is 0. The van der Waals surface area contributed by atoms with Crippen molar-refractivity contribution in [2.24, 2.45) is 11.8 Å². The molecule has 1 aliphatic heterocycles. The predicted octanol–water partition coefficient (Wildman–Crippen LogP) is -0.799. The minimum Gasteiger partial charge on any atom is -0.481 e. The van der Waals surface area contributed by atoms with Crippen molar-refractivity contribution in [2.75, 3.05) is 32.7 Å². The van der Waals surface area contributed by atoms with E-state index in [-0.39, 0.29) is 18.4 Å². The average Bonchev–Trinajstić information content (AvgIpc) is 2.53. The third-order valence-corrected chi connectivity index (χ3v) is 3.97. The van der Waals surface area contributed by atoms with Crippen LogP contribution in [0.1, 0.15) is 12.8 Å². The van der Waals surface area contributed by atoms with Gasteiger partial charge in [0, 0.05) is 26.2 Å². The lowest BCUT2D eigenvalue weighted by Crippen LogP contribution is -2.50. The number of carboxylic acid groups (broad SMARTS) is 1. The minimum atomic E-state index is -0.965. The predicted molar refractivity (Wildman–Crippen MR) is 75.4 cm³/mol.